The van der Waals surface area contributed by atoms with Gasteiger partial charge in [0.15, 0.2) is 0 Å². The van der Waals surface area contributed by atoms with Gasteiger partial charge in [0.25, 0.3) is 0 Å². The van der Waals surface area contributed by atoms with E-state index in [9.17, 15) is 9.18 Å². The molecule has 1 aromatic rings. The zero-order valence-corrected chi connectivity index (χ0v) is 8.63. The first kappa shape index (κ1) is 11.7. The summed E-state index contributed by atoms with van der Waals surface area (Å²) in [6.07, 6.45) is 0.0659. The molecule has 0 aliphatic carbocycles. The van der Waals surface area contributed by atoms with Crippen molar-refractivity contribution in [3.8, 4) is 0 Å². The third-order valence-electron chi connectivity index (χ3n) is 1.94. The predicted octanol–water partition coefficient (Wildman–Crippen LogP) is 1.13. The molecular weight excluding hydrogens is 197 g/mol. The fourth-order valence-electron chi connectivity index (χ4n) is 1.17. The topological polar surface area (TPSA) is 38.3 Å². The van der Waals surface area contributed by atoms with Crippen LogP contribution in [0.15, 0.2) is 24.3 Å². The Labute approximate surface area is 88.2 Å². The third kappa shape index (κ3) is 4.08. The first-order valence-electron chi connectivity index (χ1n) is 4.73. The van der Waals surface area contributed by atoms with E-state index in [1.807, 2.05) is 0 Å². The number of halogens is 1. The van der Waals surface area contributed by atoms with Crippen molar-refractivity contribution < 1.29 is 13.9 Å². The van der Waals surface area contributed by atoms with Gasteiger partial charge < -0.3 is 10.1 Å². The van der Waals surface area contributed by atoms with Gasteiger partial charge in [0.1, 0.15) is 5.82 Å². The highest BCUT2D eigenvalue weighted by Gasteiger charge is 2.06. The smallest absolute Gasteiger partial charge is 0.224 e. The number of nitrogens with one attached hydrogen (secondary N) is 1. The fourth-order valence-corrected chi connectivity index (χ4v) is 1.17. The summed E-state index contributed by atoms with van der Waals surface area (Å²) in [6.45, 7) is 0.910. The van der Waals surface area contributed by atoms with Crippen molar-refractivity contribution in [3.63, 3.8) is 0 Å². The second-order valence-corrected chi connectivity index (χ2v) is 3.11. The molecule has 3 nitrogen and oxygen atoms in total. The highest BCUT2D eigenvalue weighted by Crippen LogP contribution is 2.06. The maximum atomic E-state index is 13.1. The first-order chi connectivity index (χ1) is 7.24. The van der Waals surface area contributed by atoms with Crippen molar-refractivity contribution in [2.75, 3.05) is 20.3 Å². The predicted molar refractivity (Wildman–Crippen MR) is 55.0 cm³/mol. The Morgan fingerprint density at radius 2 is 2.20 bits per heavy atom. The highest BCUT2D eigenvalue weighted by atomic mass is 19.1. The van der Waals surface area contributed by atoms with Gasteiger partial charge in [-0.2, -0.15) is 0 Å². The van der Waals surface area contributed by atoms with Crippen LogP contribution < -0.4 is 5.32 Å². The lowest BCUT2D eigenvalue weighted by molar-refractivity contribution is -0.120. The van der Waals surface area contributed by atoms with E-state index in [0.29, 0.717) is 18.7 Å². The van der Waals surface area contributed by atoms with Crippen LogP contribution in [0.3, 0.4) is 0 Å². The van der Waals surface area contributed by atoms with Gasteiger partial charge in [-0.15, -0.1) is 0 Å². The molecule has 0 unspecified atom stereocenters. The van der Waals surface area contributed by atoms with E-state index in [-0.39, 0.29) is 18.1 Å². The molecular formula is C11H14FNO2. The maximum absolute atomic E-state index is 13.1. The minimum absolute atomic E-state index is 0.0659. The van der Waals surface area contributed by atoms with Crippen LogP contribution in [0.25, 0.3) is 0 Å². The normalized spacial score (nSPS) is 10.0. The number of hydrogen-bond acceptors (Lipinski definition) is 2. The summed E-state index contributed by atoms with van der Waals surface area (Å²) in [5.41, 5.74) is 0.410. The molecule has 0 spiro atoms. The Kier molecular flexibility index (Phi) is 4.77. The molecule has 1 rings (SSSR count). The van der Waals surface area contributed by atoms with Crippen molar-refractivity contribution in [3.05, 3.63) is 35.6 Å². The van der Waals surface area contributed by atoms with E-state index in [2.05, 4.69) is 5.32 Å². The summed E-state index contributed by atoms with van der Waals surface area (Å²) >= 11 is 0. The van der Waals surface area contributed by atoms with Gasteiger partial charge >= 0.3 is 0 Å². The molecule has 1 aromatic carbocycles. The van der Waals surface area contributed by atoms with Gasteiger partial charge in [-0.25, -0.2) is 4.39 Å². The van der Waals surface area contributed by atoms with Gasteiger partial charge in [-0.05, 0) is 11.6 Å². The van der Waals surface area contributed by atoms with Crippen molar-refractivity contribution in [1.29, 1.82) is 0 Å². The maximum Gasteiger partial charge on any atom is 0.224 e. The Morgan fingerprint density at radius 3 is 2.87 bits per heavy atom. The van der Waals surface area contributed by atoms with E-state index in [0.717, 1.165) is 0 Å². The summed E-state index contributed by atoms with van der Waals surface area (Å²) in [6, 6.07) is 6.26. The quantitative estimate of drug-likeness (QED) is 0.741. The minimum Gasteiger partial charge on any atom is -0.383 e. The van der Waals surface area contributed by atoms with Crippen LogP contribution in [0.5, 0.6) is 0 Å². The molecule has 0 aromatic heterocycles. The van der Waals surface area contributed by atoms with Crippen molar-refractivity contribution in [1.82, 2.24) is 5.32 Å². The molecule has 0 atom stereocenters. The number of rotatable bonds is 5. The average Bonchev–Trinajstić information content (AvgIpc) is 2.22. The standard InChI is InChI=1S/C11H14FNO2/c1-15-7-6-13-11(14)8-9-4-2-3-5-10(9)12/h2-5H,6-8H2,1H3,(H,13,14). The Bertz CT molecular complexity index is 328. The lowest BCUT2D eigenvalue weighted by Gasteiger charge is -2.04. The van der Waals surface area contributed by atoms with Crippen LogP contribution in [-0.2, 0) is 16.0 Å². The van der Waals surface area contributed by atoms with Crippen molar-refractivity contribution >= 4 is 5.91 Å². The van der Waals surface area contributed by atoms with Crippen LogP contribution in [0.4, 0.5) is 4.39 Å². The largest absolute Gasteiger partial charge is 0.383 e. The van der Waals surface area contributed by atoms with Gasteiger partial charge in [0, 0.05) is 13.7 Å². The summed E-state index contributed by atoms with van der Waals surface area (Å²) < 4.78 is 17.9. The second-order valence-electron chi connectivity index (χ2n) is 3.11. The summed E-state index contributed by atoms with van der Waals surface area (Å²) in [5.74, 6) is -0.545. The van der Waals surface area contributed by atoms with E-state index in [1.54, 1.807) is 25.3 Å². The Balaban J connectivity index is 2.41. The van der Waals surface area contributed by atoms with Crippen LogP contribution in [0.2, 0.25) is 0 Å². The zero-order chi connectivity index (χ0) is 11.1. The number of carbonyl (C=O) groups excluding carboxylic acids is 1. The van der Waals surface area contributed by atoms with Gasteiger partial charge in [-0.1, -0.05) is 18.2 Å². The lowest BCUT2D eigenvalue weighted by Crippen LogP contribution is -2.28. The molecule has 15 heavy (non-hydrogen) atoms. The highest BCUT2D eigenvalue weighted by molar-refractivity contribution is 5.78. The van der Waals surface area contributed by atoms with E-state index in [4.69, 9.17) is 4.74 Å². The number of benzene rings is 1. The zero-order valence-electron chi connectivity index (χ0n) is 8.63. The molecule has 0 bridgehead atoms. The summed E-state index contributed by atoms with van der Waals surface area (Å²) in [4.78, 5) is 11.3. The minimum atomic E-state index is -0.348. The summed E-state index contributed by atoms with van der Waals surface area (Å²) in [5, 5.41) is 2.63. The monoisotopic (exact) mass is 211 g/mol. The van der Waals surface area contributed by atoms with Crippen molar-refractivity contribution in [2.45, 2.75) is 6.42 Å². The molecule has 0 saturated carbocycles. The van der Waals surface area contributed by atoms with Gasteiger partial charge in [0.2, 0.25) is 5.91 Å². The molecule has 0 fully saturated rings. The number of ether oxygens (including phenoxy) is 1. The van der Waals surface area contributed by atoms with E-state index >= 15 is 0 Å². The van der Waals surface area contributed by atoms with E-state index < -0.39 is 0 Å². The first-order valence-corrected chi connectivity index (χ1v) is 4.73. The number of carbonyl (C=O) groups is 1. The molecule has 1 amide bonds. The Hall–Kier alpha value is -1.42. The van der Waals surface area contributed by atoms with Crippen molar-refractivity contribution in [2.24, 2.45) is 0 Å². The summed E-state index contributed by atoms with van der Waals surface area (Å²) in [7, 11) is 1.56. The van der Waals surface area contributed by atoms with Gasteiger partial charge in [0.05, 0.1) is 13.0 Å². The second kappa shape index (κ2) is 6.14. The molecule has 4 heteroatoms. The van der Waals surface area contributed by atoms with Gasteiger partial charge in [-0.3, -0.25) is 4.79 Å². The number of hydrogen-bond donors (Lipinski definition) is 1. The molecule has 0 heterocycles. The number of methoxy groups -OCH3 is 1. The Morgan fingerprint density at radius 1 is 1.47 bits per heavy atom. The van der Waals surface area contributed by atoms with Crippen LogP contribution in [0, 0.1) is 5.82 Å². The van der Waals surface area contributed by atoms with Crippen LogP contribution >= 0.6 is 0 Å². The molecule has 82 valence electrons. The lowest BCUT2D eigenvalue weighted by atomic mass is 10.1. The number of amides is 1. The SMILES string of the molecule is COCCNC(=O)Cc1ccccc1F. The van der Waals surface area contributed by atoms with E-state index in [1.165, 1.54) is 6.07 Å². The van der Waals surface area contributed by atoms with Crippen LogP contribution in [-0.4, -0.2) is 26.2 Å². The molecule has 0 aliphatic heterocycles. The van der Waals surface area contributed by atoms with Crippen LogP contribution in [0.1, 0.15) is 5.56 Å². The molecule has 0 radical (unpaired) electrons. The average molecular weight is 211 g/mol. The molecule has 1 N–H and O–H groups in total. The fraction of sp³-hybridized carbons (Fsp3) is 0.364. The molecule has 0 saturated heterocycles. The molecule has 0 aliphatic rings. The third-order valence-corrected chi connectivity index (χ3v) is 1.94.